The molecule has 0 aromatic heterocycles. The van der Waals surface area contributed by atoms with Gasteiger partial charge in [-0.25, -0.2) is 4.57 Å². The zero-order chi connectivity index (χ0) is 42.1. The highest BCUT2D eigenvalue weighted by Gasteiger charge is 2.27. The van der Waals surface area contributed by atoms with Gasteiger partial charge >= 0.3 is 7.82 Å². The molecule has 0 aromatic rings. The molecule has 0 saturated heterocycles. The molecule has 332 valence electrons. The molecule has 0 spiro atoms. The molecule has 1 amide bonds. The Kier molecular flexibility index (Phi) is 38.4. The lowest BCUT2D eigenvalue weighted by Gasteiger charge is -2.25. The van der Waals surface area contributed by atoms with E-state index in [0.29, 0.717) is 17.4 Å². The lowest BCUT2D eigenvalue weighted by Crippen LogP contribution is -2.45. The van der Waals surface area contributed by atoms with Crippen molar-refractivity contribution >= 4 is 13.7 Å². The summed E-state index contributed by atoms with van der Waals surface area (Å²) in [5.74, 6) is -0.200. The van der Waals surface area contributed by atoms with E-state index in [-0.39, 0.29) is 19.1 Å². The number of nitrogens with zero attached hydrogens (tertiary/aromatic N) is 1. The predicted octanol–water partition coefficient (Wildman–Crippen LogP) is 13.0. The molecule has 0 heterocycles. The fraction of sp³-hybridized carbons (Fsp3) is 0.771. The van der Waals surface area contributed by atoms with E-state index < -0.39 is 20.0 Å². The topological polar surface area (TPSA) is 105 Å². The molecule has 0 aliphatic heterocycles. The summed E-state index contributed by atoms with van der Waals surface area (Å²) in [6.07, 6.45) is 51.8. The van der Waals surface area contributed by atoms with Gasteiger partial charge in [0.2, 0.25) is 5.91 Å². The molecule has 0 fully saturated rings. The molecule has 0 rings (SSSR count). The summed E-state index contributed by atoms with van der Waals surface area (Å²) in [5, 5.41) is 13.7. The maximum absolute atomic E-state index is 12.8. The van der Waals surface area contributed by atoms with Crippen LogP contribution in [0.25, 0.3) is 0 Å². The van der Waals surface area contributed by atoms with E-state index in [1.54, 1.807) is 6.08 Å². The smallest absolute Gasteiger partial charge is 0.387 e. The van der Waals surface area contributed by atoms with Crippen molar-refractivity contribution in [2.75, 3.05) is 40.9 Å². The van der Waals surface area contributed by atoms with Crippen LogP contribution in [-0.2, 0) is 18.4 Å². The van der Waals surface area contributed by atoms with E-state index in [2.05, 4.69) is 67.8 Å². The van der Waals surface area contributed by atoms with E-state index in [9.17, 15) is 19.4 Å². The van der Waals surface area contributed by atoms with Crippen molar-refractivity contribution in [1.82, 2.24) is 5.32 Å². The SMILES string of the molecule is CC/C=C/CC/C=C/CC/C=C/C(O)C(COP(=O)(O)OCC[N+](C)(C)C)NC(=O)CCCCCCCCCCC/C=C\C/C=C\CCCCCCCCCCC. The van der Waals surface area contributed by atoms with Gasteiger partial charge in [0.15, 0.2) is 0 Å². The second-order valence-corrected chi connectivity index (χ2v) is 18.2. The summed E-state index contributed by atoms with van der Waals surface area (Å²) in [6, 6.07) is -0.872. The minimum Gasteiger partial charge on any atom is -0.387 e. The third kappa shape index (κ3) is 42.1. The van der Waals surface area contributed by atoms with E-state index in [1.165, 1.54) is 109 Å². The highest BCUT2D eigenvalue weighted by atomic mass is 31.2. The molecule has 8 nitrogen and oxygen atoms in total. The van der Waals surface area contributed by atoms with Gasteiger partial charge in [0.1, 0.15) is 13.2 Å². The van der Waals surface area contributed by atoms with Gasteiger partial charge in [0, 0.05) is 6.42 Å². The number of likely N-dealkylation sites (N-methyl/N-ethyl adjacent to an activating group) is 1. The number of amides is 1. The molecule has 0 bridgehead atoms. The first-order chi connectivity index (χ1) is 27.5. The maximum Gasteiger partial charge on any atom is 0.472 e. The van der Waals surface area contributed by atoms with Crippen LogP contribution in [0.2, 0.25) is 0 Å². The number of hydrogen-bond donors (Lipinski definition) is 3. The van der Waals surface area contributed by atoms with Gasteiger partial charge in [-0.05, 0) is 70.6 Å². The number of aliphatic hydroxyl groups excluding tert-OH is 1. The van der Waals surface area contributed by atoms with Crippen LogP contribution < -0.4 is 5.32 Å². The van der Waals surface area contributed by atoms with Crippen LogP contribution >= 0.6 is 7.82 Å². The normalized spacial score (nSPS) is 14.9. The third-order valence-electron chi connectivity index (χ3n) is 9.95. The molecule has 0 aromatic carbocycles. The number of carbonyl (C=O) groups is 1. The molecule has 0 saturated carbocycles. The number of allylic oxidation sites excluding steroid dienone is 9. The Morgan fingerprint density at radius 1 is 0.614 bits per heavy atom. The van der Waals surface area contributed by atoms with Crippen molar-refractivity contribution in [3.05, 3.63) is 60.8 Å². The van der Waals surface area contributed by atoms with E-state index in [4.69, 9.17) is 9.05 Å². The van der Waals surface area contributed by atoms with Gasteiger partial charge in [-0.3, -0.25) is 13.8 Å². The summed E-state index contributed by atoms with van der Waals surface area (Å²) in [6.45, 7) is 4.64. The fourth-order valence-electron chi connectivity index (χ4n) is 6.29. The average Bonchev–Trinajstić information content (AvgIpc) is 3.16. The van der Waals surface area contributed by atoms with Crippen LogP contribution in [0.5, 0.6) is 0 Å². The van der Waals surface area contributed by atoms with Crippen molar-refractivity contribution in [3.8, 4) is 0 Å². The molecular weight excluding hydrogens is 732 g/mol. The van der Waals surface area contributed by atoms with Gasteiger partial charge in [0.25, 0.3) is 0 Å². The zero-order valence-electron chi connectivity index (χ0n) is 37.6. The summed E-state index contributed by atoms with van der Waals surface area (Å²) in [4.78, 5) is 23.1. The molecule has 0 aliphatic rings. The number of unbranched alkanes of at least 4 members (excludes halogenated alkanes) is 20. The number of rotatable bonds is 41. The maximum atomic E-state index is 12.8. The number of carbonyl (C=O) groups excluding carboxylic acids is 1. The summed E-state index contributed by atoms with van der Waals surface area (Å²) >= 11 is 0. The Labute approximate surface area is 351 Å². The number of hydrogen-bond acceptors (Lipinski definition) is 5. The summed E-state index contributed by atoms with van der Waals surface area (Å²) in [7, 11) is 1.53. The summed E-state index contributed by atoms with van der Waals surface area (Å²) in [5.41, 5.74) is 0. The van der Waals surface area contributed by atoms with Gasteiger partial charge in [0.05, 0.1) is 39.9 Å². The molecule has 9 heteroatoms. The quantitative estimate of drug-likeness (QED) is 0.0245. The highest BCUT2D eigenvalue weighted by Crippen LogP contribution is 2.43. The second kappa shape index (κ2) is 39.6. The van der Waals surface area contributed by atoms with Crippen LogP contribution in [0.15, 0.2) is 60.8 Å². The Balaban J connectivity index is 4.24. The monoisotopic (exact) mass is 822 g/mol. The van der Waals surface area contributed by atoms with Crippen LogP contribution in [0.4, 0.5) is 0 Å². The Morgan fingerprint density at radius 3 is 1.58 bits per heavy atom. The Hall–Kier alpha value is -1.80. The first-order valence-corrected chi connectivity index (χ1v) is 24.7. The third-order valence-corrected chi connectivity index (χ3v) is 10.9. The van der Waals surface area contributed by atoms with Crippen LogP contribution in [-0.4, -0.2) is 73.4 Å². The van der Waals surface area contributed by atoms with Gasteiger partial charge in [-0.15, -0.1) is 0 Å². The summed E-state index contributed by atoms with van der Waals surface area (Å²) < 4.78 is 23.5. The van der Waals surface area contributed by atoms with Crippen molar-refractivity contribution in [2.24, 2.45) is 0 Å². The van der Waals surface area contributed by atoms with E-state index >= 15 is 0 Å². The highest BCUT2D eigenvalue weighted by molar-refractivity contribution is 7.47. The number of aliphatic hydroxyl groups is 1. The largest absolute Gasteiger partial charge is 0.472 e. The first-order valence-electron chi connectivity index (χ1n) is 23.2. The number of phosphoric ester groups is 1. The second-order valence-electron chi connectivity index (χ2n) is 16.7. The molecule has 3 N–H and O–H groups in total. The molecule has 3 atom stereocenters. The molecule has 57 heavy (non-hydrogen) atoms. The zero-order valence-corrected chi connectivity index (χ0v) is 38.5. The lowest BCUT2D eigenvalue weighted by atomic mass is 10.1. The van der Waals surface area contributed by atoms with Crippen molar-refractivity contribution in [3.63, 3.8) is 0 Å². The first kappa shape index (κ1) is 55.2. The van der Waals surface area contributed by atoms with Crippen molar-refractivity contribution in [2.45, 2.75) is 199 Å². The molecule has 0 radical (unpaired) electrons. The number of nitrogens with one attached hydrogen (secondary N) is 1. The predicted molar refractivity (Wildman–Crippen MR) is 244 cm³/mol. The van der Waals surface area contributed by atoms with Gasteiger partial charge < -0.3 is 19.8 Å². The molecular formula is C48H90N2O6P+. The van der Waals surface area contributed by atoms with E-state index in [0.717, 1.165) is 57.8 Å². The van der Waals surface area contributed by atoms with Crippen molar-refractivity contribution in [1.29, 1.82) is 0 Å². The number of quaternary nitrogens is 1. The average molecular weight is 822 g/mol. The van der Waals surface area contributed by atoms with Gasteiger partial charge in [-0.1, -0.05) is 171 Å². The van der Waals surface area contributed by atoms with Crippen LogP contribution in [0, 0.1) is 0 Å². The minimum atomic E-state index is -4.35. The standard InChI is InChI=1S/C48H89N2O6P/c1-6-8-10-12-14-16-18-19-20-21-22-23-24-25-26-27-28-29-30-31-32-34-36-38-40-42-48(52)49-46(45-56-57(53,54)55-44-43-50(3,4)5)47(51)41-39-37-35-33-17-15-13-11-9-7-2/h9,11,17,22-23,25-26,33,39,41,46-47,51H,6-8,10,12-16,18-21,24,27-32,34-38,40,42-45H2,1-5H3,(H-,49,52,53,54)/p+1/b11-9+,23-22-,26-25-,33-17+,41-39+. The van der Waals surface area contributed by atoms with E-state index in [1.807, 2.05) is 27.2 Å². The van der Waals surface area contributed by atoms with Crippen LogP contribution in [0.1, 0.15) is 187 Å². The van der Waals surface area contributed by atoms with Crippen LogP contribution in [0.3, 0.4) is 0 Å². The van der Waals surface area contributed by atoms with Gasteiger partial charge in [-0.2, -0.15) is 0 Å². The molecule has 0 aliphatic carbocycles. The Morgan fingerprint density at radius 2 is 1.07 bits per heavy atom. The van der Waals surface area contributed by atoms with Crippen molar-refractivity contribution < 1.29 is 32.9 Å². The fourth-order valence-corrected chi connectivity index (χ4v) is 7.02. The molecule has 3 unspecified atom stereocenters. The Bertz CT molecular complexity index is 1110. The lowest BCUT2D eigenvalue weighted by molar-refractivity contribution is -0.870. The minimum absolute atomic E-state index is 0.0501. The number of phosphoric acid groups is 1.